The Bertz CT molecular complexity index is 1030. The van der Waals surface area contributed by atoms with E-state index in [0.717, 1.165) is 37.1 Å². The van der Waals surface area contributed by atoms with Crippen molar-refractivity contribution in [3.05, 3.63) is 59.7 Å². The smallest absolute Gasteiger partial charge is 0.321 e. The highest BCUT2D eigenvalue weighted by Crippen LogP contribution is 2.28. The number of amides is 4. The standard InChI is InChI=1S/C24H28N4O5/c1-32-21-14-17(7-9-20(21)33-16-22(25)29)8-10-23(30)26-15-18-5-4-6-19(13-18)27-24(31)28-11-2-3-12-28/h4-10,13-14H,2-3,11-12,15-16H2,1H3,(H2,25,29)(H,26,30)(H,27,31)/b10-8+. The van der Waals surface area contributed by atoms with Gasteiger partial charge in [-0.2, -0.15) is 0 Å². The number of ether oxygens (including phenoxy) is 2. The Kier molecular flexibility index (Phi) is 8.29. The average molecular weight is 453 g/mol. The molecule has 0 radical (unpaired) electrons. The molecule has 9 heteroatoms. The predicted molar refractivity (Wildman–Crippen MR) is 125 cm³/mol. The van der Waals surface area contributed by atoms with Crippen molar-refractivity contribution in [3.63, 3.8) is 0 Å². The fourth-order valence-corrected chi connectivity index (χ4v) is 3.36. The molecule has 1 heterocycles. The second kappa shape index (κ2) is 11.6. The third kappa shape index (κ3) is 7.27. The SMILES string of the molecule is COc1cc(/C=C/C(=O)NCc2cccc(NC(=O)N3CCCC3)c2)ccc1OCC(N)=O. The van der Waals surface area contributed by atoms with Gasteiger partial charge in [0.1, 0.15) is 0 Å². The number of primary amides is 1. The van der Waals surface area contributed by atoms with Crippen LogP contribution in [0, 0.1) is 0 Å². The minimum atomic E-state index is -0.586. The molecule has 1 fully saturated rings. The molecule has 0 aromatic heterocycles. The van der Waals surface area contributed by atoms with Gasteiger partial charge in [0.15, 0.2) is 18.1 Å². The molecule has 174 valence electrons. The van der Waals surface area contributed by atoms with E-state index in [1.807, 2.05) is 24.3 Å². The maximum atomic E-state index is 12.2. The highest BCUT2D eigenvalue weighted by molar-refractivity contribution is 5.92. The number of methoxy groups -OCH3 is 1. The maximum absolute atomic E-state index is 12.2. The van der Waals surface area contributed by atoms with E-state index >= 15 is 0 Å². The molecule has 33 heavy (non-hydrogen) atoms. The van der Waals surface area contributed by atoms with Crippen molar-refractivity contribution in [1.82, 2.24) is 10.2 Å². The van der Waals surface area contributed by atoms with Gasteiger partial charge in [0.05, 0.1) is 7.11 Å². The molecule has 0 bridgehead atoms. The van der Waals surface area contributed by atoms with E-state index in [1.54, 1.807) is 29.2 Å². The van der Waals surface area contributed by atoms with E-state index < -0.39 is 5.91 Å². The number of nitrogens with two attached hydrogens (primary N) is 1. The number of rotatable bonds is 9. The van der Waals surface area contributed by atoms with Crippen molar-refractivity contribution in [3.8, 4) is 11.5 Å². The van der Waals surface area contributed by atoms with Gasteiger partial charge in [-0.3, -0.25) is 9.59 Å². The molecule has 0 atom stereocenters. The van der Waals surface area contributed by atoms with E-state index in [1.165, 1.54) is 13.2 Å². The summed E-state index contributed by atoms with van der Waals surface area (Å²) < 4.78 is 10.5. The van der Waals surface area contributed by atoms with Crippen LogP contribution in [0.2, 0.25) is 0 Å². The molecule has 1 saturated heterocycles. The second-order valence-electron chi connectivity index (χ2n) is 7.54. The molecule has 0 aliphatic carbocycles. The van der Waals surface area contributed by atoms with Crippen LogP contribution in [-0.4, -0.2) is 49.6 Å². The third-order valence-electron chi connectivity index (χ3n) is 5.02. The van der Waals surface area contributed by atoms with Crippen LogP contribution in [0.3, 0.4) is 0 Å². The summed E-state index contributed by atoms with van der Waals surface area (Å²) >= 11 is 0. The fourth-order valence-electron chi connectivity index (χ4n) is 3.36. The monoisotopic (exact) mass is 452 g/mol. The number of nitrogens with one attached hydrogen (secondary N) is 2. The molecule has 1 aliphatic rings. The minimum absolute atomic E-state index is 0.0990. The predicted octanol–water partition coefficient (Wildman–Crippen LogP) is 2.52. The molecule has 9 nitrogen and oxygen atoms in total. The molecule has 2 aromatic carbocycles. The molecule has 0 saturated carbocycles. The first-order valence-electron chi connectivity index (χ1n) is 10.6. The average Bonchev–Trinajstić information content (AvgIpc) is 3.36. The van der Waals surface area contributed by atoms with Gasteiger partial charge in [0, 0.05) is 31.4 Å². The molecule has 4 amide bonds. The lowest BCUT2D eigenvalue weighted by Crippen LogP contribution is -2.32. The van der Waals surface area contributed by atoms with E-state index in [4.69, 9.17) is 15.2 Å². The largest absolute Gasteiger partial charge is 0.493 e. The Morgan fingerprint density at radius 2 is 1.88 bits per heavy atom. The highest BCUT2D eigenvalue weighted by Gasteiger charge is 2.17. The molecule has 1 aliphatic heterocycles. The van der Waals surface area contributed by atoms with Crippen molar-refractivity contribution in [1.29, 1.82) is 0 Å². The lowest BCUT2D eigenvalue weighted by Gasteiger charge is -2.16. The van der Waals surface area contributed by atoms with E-state index in [0.29, 0.717) is 23.7 Å². The molecule has 0 spiro atoms. The quantitative estimate of drug-likeness (QED) is 0.505. The van der Waals surface area contributed by atoms with Gasteiger partial charge < -0.3 is 30.7 Å². The molecule has 3 rings (SSSR count). The number of urea groups is 1. The number of carbonyl (C=O) groups excluding carboxylic acids is 3. The molecule has 0 unspecified atom stereocenters. The third-order valence-corrected chi connectivity index (χ3v) is 5.02. The van der Waals surface area contributed by atoms with Crippen LogP contribution in [0.4, 0.5) is 10.5 Å². The maximum Gasteiger partial charge on any atom is 0.321 e. The van der Waals surface area contributed by atoms with Crippen LogP contribution in [0.1, 0.15) is 24.0 Å². The Labute approximate surface area is 192 Å². The second-order valence-corrected chi connectivity index (χ2v) is 7.54. The topological polar surface area (TPSA) is 123 Å². The van der Waals surface area contributed by atoms with Gasteiger partial charge in [0.2, 0.25) is 5.91 Å². The number of hydrogen-bond acceptors (Lipinski definition) is 5. The lowest BCUT2D eigenvalue weighted by molar-refractivity contribution is -0.120. The Balaban J connectivity index is 1.52. The van der Waals surface area contributed by atoms with E-state index in [2.05, 4.69) is 10.6 Å². The number of nitrogens with zero attached hydrogens (tertiary/aromatic N) is 1. The van der Waals surface area contributed by atoms with Crippen LogP contribution in [-0.2, 0) is 16.1 Å². The summed E-state index contributed by atoms with van der Waals surface area (Å²) in [6.45, 7) is 1.63. The molecule has 4 N–H and O–H groups in total. The Morgan fingerprint density at radius 3 is 2.61 bits per heavy atom. The number of carbonyl (C=O) groups is 3. The van der Waals surface area contributed by atoms with Gasteiger partial charge in [0.25, 0.3) is 5.91 Å². The zero-order valence-electron chi connectivity index (χ0n) is 18.5. The number of benzene rings is 2. The van der Waals surface area contributed by atoms with Crippen LogP contribution in [0.25, 0.3) is 6.08 Å². The molecule has 2 aromatic rings. The summed E-state index contributed by atoms with van der Waals surface area (Å²) in [5, 5.41) is 5.72. The zero-order chi connectivity index (χ0) is 23.6. The molecular formula is C24H28N4O5. The van der Waals surface area contributed by atoms with Gasteiger partial charge in [-0.1, -0.05) is 18.2 Å². The van der Waals surface area contributed by atoms with Gasteiger partial charge in [-0.25, -0.2) is 4.79 Å². The summed E-state index contributed by atoms with van der Waals surface area (Å²) in [6, 6.07) is 12.3. The van der Waals surface area contributed by atoms with Crippen LogP contribution >= 0.6 is 0 Å². The number of likely N-dealkylation sites (tertiary alicyclic amines) is 1. The Hall–Kier alpha value is -4.01. The van der Waals surface area contributed by atoms with Crippen molar-refractivity contribution in [2.24, 2.45) is 5.73 Å². The lowest BCUT2D eigenvalue weighted by atomic mass is 10.1. The van der Waals surface area contributed by atoms with Crippen LogP contribution in [0.15, 0.2) is 48.5 Å². The highest BCUT2D eigenvalue weighted by atomic mass is 16.5. The fraction of sp³-hybridized carbons (Fsp3) is 0.292. The van der Waals surface area contributed by atoms with Crippen molar-refractivity contribution < 1.29 is 23.9 Å². The van der Waals surface area contributed by atoms with Gasteiger partial charge in [-0.15, -0.1) is 0 Å². The van der Waals surface area contributed by atoms with Gasteiger partial charge >= 0.3 is 6.03 Å². The summed E-state index contributed by atoms with van der Waals surface area (Å²) in [5.41, 5.74) is 7.37. The number of hydrogen-bond donors (Lipinski definition) is 3. The first kappa shape index (κ1) is 23.6. The summed E-state index contributed by atoms with van der Waals surface area (Å²) in [5.74, 6) is -0.0482. The zero-order valence-corrected chi connectivity index (χ0v) is 18.5. The summed E-state index contributed by atoms with van der Waals surface area (Å²) in [6.07, 6.45) is 5.13. The van der Waals surface area contributed by atoms with Crippen LogP contribution in [0.5, 0.6) is 11.5 Å². The molecular weight excluding hydrogens is 424 g/mol. The first-order chi connectivity index (χ1) is 15.9. The van der Waals surface area contributed by atoms with Gasteiger partial charge in [-0.05, 0) is 54.3 Å². The van der Waals surface area contributed by atoms with E-state index in [-0.39, 0.29) is 18.5 Å². The van der Waals surface area contributed by atoms with Crippen molar-refractivity contribution in [2.75, 3.05) is 32.1 Å². The Morgan fingerprint density at radius 1 is 1.09 bits per heavy atom. The first-order valence-corrected chi connectivity index (χ1v) is 10.6. The normalized spacial score (nSPS) is 13.1. The van der Waals surface area contributed by atoms with Crippen molar-refractivity contribution in [2.45, 2.75) is 19.4 Å². The summed E-state index contributed by atoms with van der Waals surface area (Å²) in [4.78, 5) is 37.2. The minimum Gasteiger partial charge on any atom is -0.493 e. The number of anilines is 1. The summed E-state index contributed by atoms with van der Waals surface area (Å²) in [7, 11) is 1.48. The van der Waals surface area contributed by atoms with Crippen molar-refractivity contribution >= 4 is 29.6 Å². The van der Waals surface area contributed by atoms with E-state index in [9.17, 15) is 14.4 Å². The van der Waals surface area contributed by atoms with Crippen LogP contribution < -0.4 is 25.8 Å².